The molecule has 4 aromatic rings. The summed E-state index contributed by atoms with van der Waals surface area (Å²) in [5.74, 6) is 1.86. The summed E-state index contributed by atoms with van der Waals surface area (Å²) in [7, 11) is 4.00. The second-order valence-electron chi connectivity index (χ2n) is 10.3. The summed E-state index contributed by atoms with van der Waals surface area (Å²) >= 11 is 0. The first-order valence-corrected chi connectivity index (χ1v) is 13.5. The number of anilines is 1. The molecule has 0 atom stereocenters. The number of hydrogen-bond acceptors (Lipinski definition) is 7. The summed E-state index contributed by atoms with van der Waals surface area (Å²) in [5, 5.41) is 4.29. The molecule has 0 amide bonds. The van der Waals surface area contributed by atoms with Gasteiger partial charge in [0.1, 0.15) is 11.6 Å². The fourth-order valence-electron chi connectivity index (χ4n) is 4.94. The van der Waals surface area contributed by atoms with Crippen molar-refractivity contribution in [1.82, 2.24) is 25.3 Å². The standard InChI is InChI=1S/C30H33F3N6O/c1-19-15-24(40-30(31,32)33)10-9-20(19)5-4-6-23-16-22(11-12-36-23)28-37-26-18-35-17-25(21-7-8-21)27(26)29(38-28)39(3)14-13-34-2/h9-12,15-18,21,34H,4-8,13-14H2,1-3H3. The number of fused-ring (bicyclic) bond motifs is 1. The number of aryl methyl sites for hydroxylation is 3. The Labute approximate surface area is 231 Å². The van der Waals surface area contributed by atoms with Crippen LogP contribution < -0.4 is 15.0 Å². The van der Waals surface area contributed by atoms with Gasteiger partial charge in [0.05, 0.1) is 11.7 Å². The average molecular weight is 551 g/mol. The summed E-state index contributed by atoms with van der Waals surface area (Å²) in [6.45, 7) is 3.43. The minimum atomic E-state index is -4.70. The third-order valence-corrected chi connectivity index (χ3v) is 7.19. The van der Waals surface area contributed by atoms with Crippen LogP contribution in [-0.4, -0.2) is 53.5 Å². The van der Waals surface area contributed by atoms with Crippen LogP contribution >= 0.6 is 0 Å². The van der Waals surface area contributed by atoms with E-state index in [9.17, 15) is 13.2 Å². The first kappa shape index (κ1) is 27.8. The van der Waals surface area contributed by atoms with Crippen LogP contribution in [0.15, 0.2) is 48.9 Å². The molecule has 1 aromatic carbocycles. The summed E-state index contributed by atoms with van der Waals surface area (Å²) in [5.41, 5.74) is 5.60. The van der Waals surface area contributed by atoms with Crippen LogP contribution in [0.25, 0.3) is 22.3 Å². The van der Waals surface area contributed by atoms with Crippen LogP contribution in [0.4, 0.5) is 19.0 Å². The van der Waals surface area contributed by atoms with Crippen molar-refractivity contribution in [1.29, 1.82) is 0 Å². The van der Waals surface area contributed by atoms with E-state index in [-0.39, 0.29) is 5.75 Å². The van der Waals surface area contributed by atoms with Crippen molar-refractivity contribution in [2.24, 2.45) is 0 Å². The van der Waals surface area contributed by atoms with Crippen LogP contribution in [0.2, 0.25) is 0 Å². The van der Waals surface area contributed by atoms with Gasteiger partial charge >= 0.3 is 6.36 Å². The van der Waals surface area contributed by atoms with E-state index in [2.05, 4.69) is 32.0 Å². The second kappa shape index (κ2) is 11.8. The SMILES string of the molecule is CNCCN(C)c1nc(-c2ccnc(CCCc3ccc(OC(F)(F)F)cc3C)c2)nc2cncc(C3CC3)c12. The van der Waals surface area contributed by atoms with E-state index in [1.54, 1.807) is 19.2 Å². The van der Waals surface area contributed by atoms with Crippen molar-refractivity contribution in [3.05, 3.63) is 71.3 Å². The van der Waals surface area contributed by atoms with E-state index >= 15 is 0 Å². The zero-order chi connectivity index (χ0) is 28.3. The largest absolute Gasteiger partial charge is 0.573 e. The fraction of sp³-hybridized carbons (Fsp3) is 0.400. The maximum Gasteiger partial charge on any atom is 0.573 e. The highest BCUT2D eigenvalue weighted by atomic mass is 19.4. The third kappa shape index (κ3) is 6.67. The van der Waals surface area contributed by atoms with Crippen molar-refractivity contribution in [3.63, 3.8) is 0 Å². The molecule has 0 radical (unpaired) electrons. The number of hydrogen-bond donors (Lipinski definition) is 1. The summed E-state index contributed by atoms with van der Waals surface area (Å²) in [4.78, 5) is 21.2. The topological polar surface area (TPSA) is 76.1 Å². The number of alkyl halides is 3. The Hall–Kier alpha value is -3.79. The van der Waals surface area contributed by atoms with Crippen molar-refractivity contribution in [2.45, 2.75) is 51.3 Å². The Morgan fingerprint density at radius 3 is 2.62 bits per heavy atom. The van der Waals surface area contributed by atoms with Crippen LogP contribution in [0, 0.1) is 6.92 Å². The van der Waals surface area contributed by atoms with Gasteiger partial charge in [-0.15, -0.1) is 13.2 Å². The molecule has 1 aliphatic carbocycles. The Morgan fingerprint density at radius 1 is 1.07 bits per heavy atom. The maximum absolute atomic E-state index is 12.5. The lowest BCUT2D eigenvalue weighted by Gasteiger charge is -2.22. The molecule has 7 nitrogen and oxygen atoms in total. The first-order chi connectivity index (χ1) is 19.2. The van der Waals surface area contributed by atoms with Gasteiger partial charge in [0.2, 0.25) is 0 Å². The highest BCUT2D eigenvalue weighted by Crippen LogP contribution is 2.44. The van der Waals surface area contributed by atoms with Crippen LogP contribution in [0.1, 0.15) is 47.6 Å². The van der Waals surface area contributed by atoms with Crippen molar-refractivity contribution in [2.75, 3.05) is 32.1 Å². The smallest absolute Gasteiger partial charge is 0.406 e. The summed E-state index contributed by atoms with van der Waals surface area (Å²) in [6, 6.07) is 8.42. The first-order valence-electron chi connectivity index (χ1n) is 13.5. The Morgan fingerprint density at radius 2 is 1.90 bits per heavy atom. The molecule has 0 bridgehead atoms. The molecular weight excluding hydrogens is 517 g/mol. The molecule has 0 saturated heterocycles. The van der Waals surface area contributed by atoms with Crippen LogP contribution in [0.3, 0.4) is 0 Å². The van der Waals surface area contributed by atoms with E-state index in [1.807, 2.05) is 31.6 Å². The Kier molecular flexibility index (Phi) is 8.16. The van der Waals surface area contributed by atoms with Crippen LogP contribution in [0.5, 0.6) is 5.75 Å². The zero-order valence-corrected chi connectivity index (χ0v) is 22.9. The lowest BCUT2D eigenvalue weighted by atomic mass is 10.0. The number of nitrogens with one attached hydrogen (secondary N) is 1. The number of pyridine rings is 2. The van der Waals surface area contributed by atoms with Crippen molar-refractivity contribution < 1.29 is 17.9 Å². The predicted molar refractivity (Wildman–Crippen MR) is 150 cm³/mol. The second-order valence-corrected chi connectivity index (χ2v) is 10.3. The number of benzene rings is 1. The van der Waals surface area contributed by atoms with Gasteiger partial charge < -0.3 is 15.0 Å². The maximum atomic E-state index is 12.5. The minimum absolute atomic E-state index is 0.200. The van der Waals surface area contributed by atoms with E-state index in [0.717, 1.165) is 58.6 Å². The summed E-state index contributed by atoms with van der Waals surface area (Å²) in [6.07, 6.45) is 5.41. The van der Waals surface area contributed by atoms with Gasteiger partial charge in [-0.3, -0.25) is 9.97 Å². The molecule has 0 spiro atoms. The zero-order valence-electron chi connectivity index (χ0n) is 22.9. The molecule has 210 valence electrons. The van der Waals surface area contributed by atoms with Gasteiger partial charge in [0.25, 0.3) is 0 Å². The molecule has 1 aliphatic rings. The van der Waals surface area contributed by atoms with Gasteiger partial charge in [-0.05, 0) is 92.9 Å². The molecule has 3 heterocycles. The lowest BCUT2D eigenvalue weighted by Crippen LogP contribution is -2.28. The molecule has 1 saturated carbocycles. The molecule has 40 heavy (non-hydrogen) atoms. The van der Waals surface area contributed by atoms with Crippen LogP contribution in [-0.2, 0) is 12.8 Å². The van der Waals surface area contributed by atoms with E-state index in [1.165, 1.54) is 30.5 Å². The van der Waals surface area contributed by atoms with Gasteiger partial charge in [-0.1, -0.05) is 6.07 Å². The Balaban J connectivity index is 1.35. The third-order valence-electron chi connectivity index (χ3n) is 7.19. The number of rotatable bonds is 11. The number of halogens is 3. The Bertz CT molecular complexity index is 1490. The van der Waals surface area contributed by atoms with Gasteiger partial charge in [0, 0.05) is 49.2 Å². The van der Waals surface area contributed by atoms with E-state index < -0.39 is 6.36 Å². The van der Waals surface area contributed by atoms with Gasteiger partial charge in [-0.25, -0.2) is 9.97 Å². The van der Waals surface area contributed by atoms with Gasteiger partial charge in [-0.2, -0.15) is 0 Å². The monoisotopic (exact) mass is 550 g/mol. The molecule has 5 rings (SSSR count). The predicted octanol–water partition coefficient (Wildman–Crippen LogP) is 6.00. The van der Waals surface area contributed by atoms with Gasteiger partial charge in [0.15, 0.2) is 5.82 Å². The number of nitrogens with zero attached hydrogens (tertiary/aromatic N) is 5. The van der Waals surface area contributed by atoms with Crippen molar-refractivity contribution in [3.8, 4) is 17.1 Å². The normalized spacial score (nSPS) is 13.6. The highest BCUT2D eigenvalue weighted by molar-refractivity contribution is 5.94. The summed E-state index contributed by atoms with van der Waals surface area (Å²) < 4.78 is 41.6. The number of aromatic nitrogens is 4. The molecule has 0 unspecified atom stereocenters. The number of likely N-dealkylation sites (N-methyl/N-ethyl adjacent to an activating group) is 2. The quantitative estimate of drug-likeness (QED) is 0.245. The molecule has 1 N–H and O–H groups in total. The average Bonchev–Trinajstić information content (AvgIpc) is 3.77. The van der Waals surface area contributed by atoms with Crippen molar-refractivity contribution >= 4 is 16.7 Å². The molecule has 3 aromatic heterocycles. The molecule has 1 fully saturated rings. The fourth-order valence-corrected chi connectivity index (χ4v) is 4.94. The number of ether oxygens (including phenoxy) is 1. The highest BCUT2D eigenvalue weighted by Gasteiger charge is 2.31. The van der Waals surface area contributed by atoms with E-state index in [0.29, 0.717) is 24.6 Å². The molecule has 10 heteroatoms. The van der Waals surface area contributed by atoms with E-state index in [4.69, 9.17) is 9.97 Å². The molecule has 0 aliphatic heterocycles. The lowest BCUT2D eigenvalue weighted by molar-refractivity contribution is -0.274. The minimum Gasteiger partial charge on any atom is -0.406 e. The molecular formula is C30H33F3N6O.